The van der Waals surface area contributed by atoms with E-state index in [1.165, 1.54) is 5.56 Å². The quantitative estimate of drug-likeness (QED) is 0.732. The Morgan fingerprint density at radius 2 is 1.59 bits per heavy atom. The van der Waals surface area contributed by atoms with E-state index in [0.717, 1.165) is 58.2 Å². The van der Waals surface area contributed by atoms with E-state index in [-0.39, 0.29) is 29.9 Å². The number of piperidine rings is 1. The predicted molar refractivity (Wildman–Crippen MR) is 104 cm³/mol. The van der Waals surface area contributed by atoms with Crippen molar-refractivity contribution in [2.45, 2.75) is 57.2 Å². The Kier molecular flexibility index (Phi) is 7.04. The molecule has 3 rings (SSSR count). The van der Waals surface area contributed by atoms with Gasteiger partial charge in [0.2, 0.25) is 5.91 Å². The number of hydrogen-bond acceptors (Lipinski definition) is 4. The number of nitrogens with one attached hydrogen (secondary N) is 3. The molecule has 0 unspecified atom stereocenters. The van der Waals surface area contributed by atoms with Gasteiger partial charge in [0.1, 0.15) is 0 Å². The second-order valence-corrected chi connectivity index (χ2v) is 7.69. The fourth-order valence-corrected chi connectivity index (χ4v) is 4.10. The summed E-state index contributed by atoms with van der Waals surface area (Å²) in [7, 11) is 1.68. The molecule has 1 aromatic rings. The van der Waals surface area contributed by atoms with Gasteiger partial charge in [-0.25, -0.2) is 4.79 Å². The smallest absolute Gasteiger partial charge is 0.315 e. The van der Waals surface area contributed by atoms with Crippen LogP contribution in [-0.4, -0.2) is 54.0 Å². The zero-order valence-electron chi connectivity index (χ0n) is 16.1. The first-order chi connectivity index (χ1) is 13.1. The van der Waals surface area contributed by atoms with Gasteiger partial charge in [0.05, 0.1) is 0 Å². The maximum absolute atomic E-state index is 12.3. The molecule has 7 heteroatoms. The molecule has 2 fully saturated rings. The molecule has 1 saturated carbocycles. The van der Waals surface area contributed by atoms with E-state index in [4.69, 9.17) is 0 Å². The molecule has 2 aliphatic rings. The van der Waals surface area contributed by atoms with Crippen molar-refractivity contribution in [2.24, 2.45) is 5.92 Å². The summed E-state index contributed by atoms with van der Waals surface area (Å²) in [4.78, 5) is 30.5. The van der Waals surface area contributed by atoms with Crippen LogP contribution in [0, 0.1) is 5.92 Å². The Morgan fingerprint density at radius 3 is 2.19 bits per heavy atom. The molecule has 0 atom stereocenters. The van der Waals surface area contributed by atoms with E-state index in [1.807, 2.05) is 12.4 Å². The molecule has 1 saturated heterocycles. The van der Waals surface area contributed by atoms with Crippen LogP contribution >= 0.6 is 0 Å². The number of rotatable bonds is 5. The van der Waals surface area contributed by atoms with E-state index in [9.17, 15) is 9.59 Å². The van der Waals surface area contributed by atoms with Gasteiger partial charge >= 0.3 is 6.03 Å². The van der Waals surface area contributed by atoms with Crippen LogP contribution in [0.4, 0.5) is 4.79 Å². The molecular formula is C20H31N5O2. The number of hydrogen-bond donors (Lipinski definition) is 3. The summed E-state index contributed by atoms with van der Waals surface area (Å²) in [5.41, 5.74) is 1.28. The number of carbonyl (C=O) groups excluding carboxylic acids is 2. The molecule has 0 aromatic carbocycles. The SMILES string of the molecule is CNC(=O)C1CCC(NC(=O)NC2CCN(Cc3ccncc3)CC2)CC1. The zero-order chi connectivity index (χ0) is 19.1. The number of carbonyl (C=O) groups is 2. The standard InChI is InChI=1S/C20H31N5O2/c1-21-19(26)16-2-4-17(5-3-16)23-20(27)24-18-8-12-25(13-9-18)14-15-6-10-22-11-7-15/h6-7,10-11,16-18H,2-5,8-9,12-14H2,1H3,(H,21,26)(H2,23,24,27). The van der Waals surface area contributed by atoms with Crippen molar-refractivity contribution in [3.63, 3.8) is 0 Å². The Balaban J connectivity index is 1.33. The van der Waals surface area contributed by atoms with Crippen LogP contribution in [-0.2, 0) is 11.3 Å². The summed E-state index contributed by atoms with van der Waals surface area (Å²) in [5.74, 6) is 0.220. The lowest BCUT2D eigenvalue weighted by Crippen LogP contribution is -2.50. The maximum atomic E-state index is 12.3. The third kappa shape index (κ3) is 5.92. The Morgan fingerprint density at radius 1 is 1.00 bits per heavy atom. The summed E-state index contributed by atoms with van der Waals surface area (Å²) in [6.07, 6.45) is 9.04. The Labute approximate surface area is 161 Å². The van der Waals surface area contributed by atoms with E-state index >= 15 is 0 Å². The van der Waals surface area contributed by atoms with Crippen LogP contribution in [0.1, 0.15) is 44.1 Å². The van der Waals surface area contributed by atoms with Crippen LogP contribution in [0.5, 0.6) is 0 Å². The number of aromatic nitrogens is 1. The highest BCUT2D eigenvalue weighted by atomic mass is 16.2. The fraction of sp³-hybridized carbons (Fsp3) is 0.650. The molecular weight excluding hydrogens is 342 g/mol. The normalized spacial score (nSPS) is 24.2. The van der Waals surface area contributed by atoms with Crippen molar-refractivity contribution in [1.82, 2.24) is 25.8 Å². The second kappa shape index (κ2) is 9.69. The van der Waals surface area contributed by atoms with Crippen molar-refractivity contribution in [3.05, 3.63) is 30.1 Å². The number of amides is 3. The molecule has 3 amide bonds. The molecule has 7 nitrogen and oxygen atoms in total. The van der Waals surface area contributed by atoms with Crippen molar-refractivity contribution in [2.75, 3.05) is 20.1 Å². The fourth-order valence-electron chi connectivity index (χ4n) is 4.10. The average molecular weight is 374 g/mol. The zero-order valence-corrected chi connectivity index (χ0v) is 16.1. The van der Waals surface area contributed by atoms with Gasteiger partial charge in [-0.3, -0.25) is 14.7 Å². The minimum Gasteiger partial charge on any atom is -0.359 e. The number of urea groups is 1. The van der Waals surface area contributed by atoms with Crippen LogP contribution in [0.2, 0.25) is 0 Å². The lowest BCUT2D eigenvalue weighted by atomic mass is 9.85. The molecule has 0 bridgehead atoms. The van der Waals surface area contributed by atoms with Gasteiger partial charge in [0.15, 0.2) is 0 Å². The lowest BCUT2D eigenvalue weighted by Gasteiger charge is -2.33. The maximum Gasteiger partial charge on any atom is 0.315 e. The second-order valence-electron chi connectivity index (χ2n) is 7.69. The highest BCUT2D eigenvalue weighted by Crippen LogP contribution is 2.24. The number of nitrogens with zero attached hydrogens (tertiary/aromatic N) is 2. The van der Waals surface area contributed by atoms with E-state index in [2.05, 4.69) is 38.0 Å². The van der Waals surface area contributed by atoms with E-state index in [0.29, 0.717) is 0 Å². The monoisotopic (exact) mass is 373 g/mol. The predicted octanol–water partition coefficient (Wildman–Crippen LogP) is 1.65. The van der Waals surface area contributed by atoms with Crippen molar-refractivity contribution in [3.8, 4) is 0 Å². The topological polar surface area (TPSA) is 86.4 Å². The Hall–Kier alpha value is -2.15. The van der Waals surface area contributed by atoms with Gasteiger partial charge < -0.3 is 16.0 Å². The van der Waals surface area contributed by atoms with Crippen molar-refractivity contribution >= 4 is 11.9 Å². The molecule has 1 aliphatic heterocycles. The van der Waals surface area contributed by atoms with Crippen molar-refractivity contribution < 1.29 is 9.59 Å². The Bertz CT molecular complexity index is 608. The third-order valence-corrected chi connectivity index (χ3v) is 5.76. The first-order valence-electron chi connectivity index (χ1n) is 10.0. The number of likely N-dealkylation sites (tertiary alicyclic amines) is 1. The molecule has 2 heterocycles. The van der Waals surface area contributed by atoms with E-state index < -0.39 is 0 Å². The molecule has 0 radical (unpaired) electrons. The summed E-state index contributed by atoms with van der Waals surface area (Å²) >= 11 is 0. The number of pyridine rings is 1. The molecule has 3 N–H and O–H groups in total. The summed E-state index contributed by atoms with van der Waals surface area (Å²) < 4.78 is 0. The van der Waals surface area contributed by atoms with Crippen LogP contribution in [0.3, 0.4) is 0 Å². The average Bonchev–Trinajstić information content (AvgIpc) is 2.70. The van der Waals surface area contributed by atoms with Crippen LogP contribution in [0.25, 0.3) is 0 Å². The molecule has 1 aromatic heterocycles. The summed E-state index contributed by atoms with van der Waals surface area (Å²) in [5, 5.41) is 8.94. The van der Waals surface area contributed by atoms with Gasteiger partial charge in [0.25, 0.3) is 0 Å². The van der Waals surface area contributed by atoms with Gasteiger partial charge in [-0.2, -0.15) is 0 Å². The first-order valence-corrected chi connectivity index (χ1v) is 10.0. The van der Waals surface area contributed by atoms with Crippen molar-refractivity contribution in [1.29, 1.82) is 0 Å². The van der Waals surface area contributed by atoms with Gasteiger partial charge in [-0.15, -0.1) is 0 Å². The van der Waals surface area contributed by atoms with E-state index in [1.54, 1.807) is 7.05 Å². The molecule has 148 valence electrons. The summed E-state index contributed by atoms with van der Waals surface area (Å²) in [6.45, 7) is 2.92. The van der Waals surface area contributed by atoms with Gasteiger partial charge in [-0.05, 0) is 56.2 Å². The highest BCUT2D eigenvalue weighted by molar-refractivity contribution is 5.78. The van der Waals surface area contributed by atoms with Crippen LogP contribution in [0.15, 0.2) is 24.5 Å². The lowest BCUT2D eigenvalue weighted by molar-refractivity contribution is -0.125. The first kappa shape index (κ1) is 19.6. The minimum atomic E-state index is -0.0639. The molecule has 0 spiro atoms. The molecule has 1 aliphatic carbocycles. The highest BCUT2D eigenvalue weighted by Gasteiger charge is 2.27. The largest absolute Gasteiger partial charge is 0.359 e. The summed E-state index contributed by atoms with van der Waals surface area (Å²) in [6, 6.07) is 4.46. The van der Waals surface area contributed by atoms with Gasteiger partial charge in [-0.1, -0.05) is 0 Å². The third-order valence-electron chi connectivity index (χ3n) is 5.76. The minimum absolute atomic E-state index is 0.0639. The molecule has 27 heavy (non-hydrogen) atoms. The van der Waals surface area contributed by atoms with Gasteiger partial charge in [0, 0.05) is 57.1 Å². The van der Waals surface area contributed by atoms with Crippen LogP contribution < -0.4 is 16.0 Å².